The van der Waals surface area contributed by atoms with E-state index in [2.05, 4.69) is 5.32 Å². The molecular weight excluding hydrogens is 285 g/mol. The van der Waals surface area contributed by atoms with E-state index >= 15 is 0 Å². The fraction of sp³-hybridized carbons (Fsp3) is 0.588. The van der Waals surface area contributed by atoms with Crippen molar-refractivity contribution in [2.24, 2.45) is 0 Å². The van der Waals surface area contributed by atoms with E-state index in [4.69, 9.17) is 4.74 Å². The maximum atomic E-state index is 12.9. The number of nitrogens with one attached hydrogen (secondary N) is 1. The van der Waals surface area contributed by atoms with Gasteiger partial charge in [-0.3, -0.25) is 4.79 Å². The Morgan fingerprint density at radius 2 is 1.82 bits per heavy atom. The highest BCUT2D eigenvalue weighted by Crippen LogP contribution is 2.20. The Morgan fingerprint density at radius 1 is 1.27 bits per heavy atom. The van der Waals surface area contributed by atoms with Gasteiger partial charge in [-0.1, -0.05) is 12.1 Å². The summed E-state index contributed by atoms with van der Waals surface area (Å²) in [6.45, 7) is 9.22. The molecule has 0 aromatic heterocycles. The number of aliphatic hydroxyl groups is 1. The number of benzene rings is 1. The molecule has 22 heavy (non-hydrogen) atoms. The molecule has 124 valence electrons. The molecule has 0 fully saturated rings. The third-order valence-electron chi connectivity index (χ3n) is 3.15. The van der Waals surface area contributed by atoms with E-state index in [9.17, 15) is 14.3 Å². The molecule has 0 bridgehead atoms. The van der Waals surface area contributed by atoms with Crippen LogP contribution in [0, 0.1) is 5.82 Å². The van der Waals surface area contributed by atoms with Crippen molar-refractivity contribution in [3.8, 4) is 0 Å². The van der Waals surface area contributed by atoms with Crippen LogP contribution in [-0.2, 0) is 15.1 Å². The van der Waals surface area contributed by atoms with Crippen LogP contribution in [0.15, 0.2) is 24.3 Å². The third kappa shape index (κ3) is 6.54. The molecule has 1 aromatic rings. The van der Waals surface area contributed by atoms with Crippen molar-refractivity contribution < 1.29 is 19.0 Å². The van der Waals surface area contributed by atoms with Crippen LogP contribution in [0.1, 0.15) is 46.6 Å². The first kappa shape index (κ1) is 18.6. The molecule has 0 aliphatic carbocycles. The quantitative estimate of drug-likeness (QED) is 0.793. The van der Waals surface area contributed by atoms with Gasteiger partial charge in [0.1, 0.15) is 11.4 Å². The van der Waals surface area contributed by atoms with Gasteiger partial charge < -0.3 is 15.2 Å². The van der Waals surface area contributed by atoms with E-state index in [1.165, 1.54) is 12.1 Å². The van der Waals surface area contributed by atoms with Gasteiger partial charge in [0.2, 0.25) is 0 Å². The molecule has 0 radical (unpaired) electrons. The first-order chi connectivity index (χ1) is 9.99. The van der Waals surface area contributed by atoms with Gasteiger partial charge in [0, 0.05) is 12.6 Å². The zero-order valence-electron chi connectivity index (χ0n) is 13.9. The monoisotopic (exact) mass is 311 g/mol. The van der Waals surface area contributed by atoms with Crippen LogP contribution in [0.2, 0.25) is 0 Å². The van der Waals surface area contributed by atoms with Gasteiger partial charge in [0.15, 0.2) is 0 Å². The van der Waals surface area contributed by atoms with Crippen molar-refractivity contribution in [3.05, 3.63) is 35.6 Å². The summed E-state index contributed by atoms with van der Waals surface area (Å²) in [7, 11) is 0. The lowest BCUT2D eigenvalue weighted by atomic mass is 9.95. The minimum absolute atomic E-state index is 0.137. The molecule has 0 saturated carbocycles. The molecule has 1 rings (SSSR count). The molecule has 2 N–H and O–H groups in total. The summed E-state index contributed by atoms with van der Waals surface area (Å²) in [5, 5.41) is 13.6. The van der Waals surface area contributed by atoms with Crippen LogP contribution in [0.25, 0.3) is 0 Å². The number of ether oxygens (including phenoxy) is 1. The smallest absolute Gasteiger partial charge is 0.307 e. The van der Waals surface area contributed by atoms with Crippen LogP contribution < -0.4 is 5.32 Å². The normalized spacial score (nSPS) is 16.0. The van der Waals surface area contributed by atoms with E-state index in [1.54, 1.807) is 19.1 Å². The third-order valence-corrected chi connectivity index (χ3v) is 3.15. The van der Waals surface area contributed by atoms with Gasteiger partial charge in [-0.25, -0.2) is 4.39 Å². The minimum atomic E-state index is -1.14. The van der Waals surface area contributed by atoms with Crippen LogP contribution >= 0.6 is 0 Å². The number of esters is 1. The SMILES string of the molecule is CC(CC(=O)OC(C)(C)C)NCC(C)(O)c1ccc(F)cc1. The molecule has 0 saturated heterocycles. The molecule has 0 spiro atoms. The Bertz CT molecular complexity index is 492. The van der Waals surface area contributed by atoms with Crippen molar-refractivity contribution in [2.75, 3.05) is 6.54 Å². The van der Waals surface area contributed by atoms with Crippen LogP contribution in [0.3, 0.4) is 0 Å². The Hall–Kier alpha value is -1.46. The summed E-state index contributed by atoms with van der Waals surface area (Å²) in [5.74, 6) is -0.625. The summed E-state index contributed by atoms with van der Waals surface area (Å²) in [6, 6.07) is 5.59. The minimum Gasteiger partial charge on any atom is -0.460 e. The number of carbonyl (C=O) groups excluding carboxylic acids is 1. The first-order valence-electron chi connectivity index (χ1n) is 7.43. The summed E-state index contributed by atoms with van der Waals surface area (Å²) < 4.78 is 18.2. The number of carbonyl (C=O) groups is 1. The van der Waals surface area contributed by atoms with Crippen molar-refractivity contribution in [3.63, 3.8) is 0 Å². The molecule has 0 aliphatic heterocycles. The van der Waals surface area contributed by atoms with Gasteiger partial charge in [-0.15, -0.1) is 0 Å². The molecule has 5 heteroatoms. The molecule has 0 amide bonds. The second-order valence-electron chi connectivity index (χ2n) is 6.85. The maximum absolute atomic E-state index is 12.9. The standard InChI is InChI=1S/C17H26FNO3/c1-12(10-15(20)22-16(2,3)4)19-11-17(5,21)13-6-8-14(18)9-7-13/h6-9,12,19,21H,10-11H2,1-5H3. The van der Waals surface area contributed by atoms with Gasteiger partial charge in [-0.05, 0) is 52.3 Å². The highest BCUT2D eigenvalue weighted by molar-refractivity contribution is 5.70. The van der Waals surface area contributed by atoms with Gasteiger partial charge in [0.05, 0.1) is 12.0 Å². The summed E-state index contributed by atoms with van der Waals surface area (Å²) in [5.41, 5.74) is -1.03. The second kappa shape index (κ2) is 7.20. The Kier molecular flexibility index (Phi) is 6.08. The van der Waals surface area contributed by atoms with Crippen molar-refractivity contribution in [1.82, 2.24) is 5.32 Å². The summed E-state index contributed by atoms with van der Waals surface area (Å²) in [4.78, 5) is 11.7. The van der Waals surface area contributed by atoms with Crippen molar-refractivity contribution in [2.45, 2.75) is 58.3 Å². The molecule has 4 nitrogen and oxygen atoms in total. The summed E-state index contributed by atoms with van der Waals surface area (Å²) in [6.07, 6.45) is 0.219. The van der Waals surface area contributed by atoms with Gasteiger partial charge in [0.25, 0.3) is 0 Å². The Balaban J connectivity index is 2.50. The second-order valence-corrected chi connectivity index (χ2v) is 6.85. The molecule has 0 heterocycles. The topological polar surface area (TPSA) is 58.6 Å². The van der Waals surface area contributed by atoms with E-state index in [0.29, 0.717) is 5.56 Å². The first-order valence-corrected chi connectivity index (χ1v) is 7.43. The number of hydrogen-bond donors (Lipinski definition) is 2. The molecule has 2 atom stereocenters. The van der Waals surface area contributed by atoms with E-state index in [1.807, 2.05) is 27.7 Å². The lowest BCUT2D eigenvalue weighted by molar-refractivity contribution is -0.155. The molecule has 2 unspecified atom stereocenters. The lowest BCUT2D eigenvalue weighted by Gasteiger charge is -2.27. The van der Waals surface area contributed by atoms with Gasteiger partial charge in [-0.2, -0.15) is 0 Å². The van der Waals surface area contributed by atoms with Crippen molar-refractivity contribution >= 4 is 5.97 Å². The maximum Gasteiger partial charge on any atom is 0.307 e. The molecule has 0 aliphatic rings. The Morgan fingerprint density at radius 3 is 2.32 bits per heavy atom. The zero-order valence-corrected chi connectivity index (χ0v) is 13.9. The molecule has 1 aromatic carbocycles. The predicted molar refractivity (Wildman–Crippen MR) is 83.9 cm³/mol. The largest absolute Gasteiger partial charge is 0.460 e. The number of hydrogen-bond acceptors (Lipinski definition) is 4. The van der Waals surface area contributed by atoms with E-state index in [-0.39, 0.29) is 30.8 Å². The highest BCUT2D eigenvalue weighted by atomic mass is 19.1. The van der Waals surface area contributed by atoms with E-state index in [0.717, 1.165) is 0 Å². The molecular formula is C17H26FNO3. The summed E-state index contributed by atoms with van der Waals surface area (Å²) >= 11 is 0. The zero-order chi connectivity index (χ0) is 17.0. The lowest BCUT2D eigenvalue weighted by Crippen LogP contribution is -2.41. The average Bonchev–Trinajstić information content (AvgIpc) is 2.34. The van der Waals surface area contributed by atoms with Crippen molar-refractivity contribution in [1.29, 1.82) is 0 Å². The average molecular weight is 311 g/mol. The van der Waals surface area contributed by atoms with Crippen LogP contribution in [0.4, 0.5) is 4.39 Å². The van der Waals surface area contributed by atoms with Crippen LogP contribution in [-0.4, -0.2) is 29.3 Å². The Labute approximate surface area is 131 Å². The van der Waals surface area contributed by atoms with E-state index < -0.39 is 11.2 Å². The van der Waals surface area contributed by atoms with Gasteiger partial charge >= 0.3 is 5.97 Å². The van der Waals surface area contributed by atoms with Crippen LogP contribution in [0.5, 0.6) is 0 Å². The number of halogens is 1. The number of rotatable bonds is 6. The fourth-order valence-corrected chi connectivity index (χ4v) is 1.99. The highest BCUT2D eigenvalue weighted by Gasteiger charge is 2.25. The fourth-order valence-electron chi connectivity index (χ4n) is 1.99. The predicted octanol–water partition coefficient (Wildman–Crippen LogP) is 2.74.